The van der Waals surface area contributed by atoms with E-state index in [0.29, 0.717) is 5.69 Å². The molecule has 0 saturated heterocycles. The lowest BCUT2D eigenvalue weighted by Gasteiger charge is -2.23. The van der Waals surface area contributed by atoms with Crippen molar-refractivity contribution >= 4 is 17.3 Å². The highest BCUT2D eigenvalue weighted by atomic mass is 16.6. The highest BCUT2D eigenvalue weighted by molar-refractivity contribution is 5.81. The van der Waals surface area contributed by atoms with Crippen LogP contribution in [0.25, 0.3) is 0 Å². The van der Waals surface area contributed by atoms with Gasteiger partial charge in [0.15, 0.2) is 0 Å². The van der Waals surface area contributed by atoms with Gasteiger partial charge in [0.25, 0.3) is 5.69 Å². The summed E-state index contributed by atoms with van der Waals surface area (Å²) in [6.07, 6.45) is 0. The molecule has 0 saturated carbocycles. The molecule has 0 radical (unpaired) electrons. The number of benzene rings is 1. The van der Waals surface area contributed by atoms with Crippen LogP contribution in [-0.4, -0.2) is 47.1 Å². The van der Waals surface area contributed by atoms with Crippen molar-refractivity contribution in [3.8, 4) is 0 Å². The maximum atomic E-state index is 11.8. The minimum Gasteiger partial charge on any atom is -0.394 e. The molecule has 0 aliphatic heterocycles. The average Bonchev–Trinajstić information content (AvgIpc) is 2.43. The van der Waals surface area contributed by atoms with Crippen molar-refractivity contribution in [1.29, 1.82) is 0 Å². The highest BCUT2D eigenvalue weighted by Gasteiger charge is 2.17. The fourth-order valence-electron chi connectivity index (χ4n) is 1.45. The number of carbonyl (C=O) groups is 1. The van der Waals surface area contributed by atoms with Crippen molar-refractivity contribution in [2.24, 2.45) is 0 Å². The molecule has 0 aliphatic carbocycles. The standard InChI is InChI=1S/C12H17N3O4/c1-9(8-16)14(2)12(17)7-13-10-5-3-4-6-11(10)15(18)19/h3-6,9,13,16H,7-8H2,1-2H3. The molecule has 1 unspecified atom stereocenters. The highest BCUT2D eigenvalue weighted by Crippen LogP contribution is 2.22. The second-order valence-electron chi connectivity index (χ2n) is 4.16. The van der Waals surface area contributed by atoms with Gasteiger partial charge in [-0.25, -0.2) is 0 Å². The van der Waals surface area contributed by atoms with E-state index >= 15 is 0 Å². The number of para-hydroxylation sites is 2. The van der Waals surface area contributed by atoms with Crippen molar-refractivity contribution in [3.63, 3.8) is 0 Å². The van der Waals surface area contributed by atoms with Crippen LogP contribution in [0.15, 0.2) is 24.3 Å². The predicted molar refractivity (Wildman–Crippen MR) is 70.9 cm³/mol. The number of hydrogen-bond donors (Lipinski definition) is 2. The summed E-state index contributed by atoms with van der Waals surface area (Å²) in [5.74, 6) is -0.250. The Morgan fingerprint density at radius 3 is 2.74 bits per heavy atom. The molecule has 0 spiro atoms. The van der Waals surface area contributed by atoms with Crippen molar-refractivity contribution in [2.45, 2.75) is 13.0 Å². The first-order valence-electron chi connectivity index (χ1n) is 5.81. The number of anilines is 1. The molecule has 19 heavy (non-hydrogen) atoms. The van der Waals surface area contributed by atoms with E-state index in [4.69, 9.17) is 5.11 Å². The van der Waals surface area contributed by atoms with E-state index in [2.05, 4.69) is 5.32 Å². The molecule has 0 fully saturated rings. The third kappa shape index (κ3) is 3.92. The van der Waals surface area contributed by atoms with E-state index in [0.717, 1.165) is 0 Å². The van der Waals surface area contributed by atoms with Crippen molar-refractivity contribution in [1.82, 2.24) is 4.90 Å². The Labute approximate surface area is 111 Å². The zero-order chi connectivity index (χ0) is 14.4. The van der Waals surface area contributed by atoms with Crippen LogP contribution in [-0.2, 0) is 4.79 Å². The van der Waals surface area contributed by atoms with Gasteiger partial charge < -0.3 is 15.3 Å². The molecular weight excluding hydrogens is 250 g/mol. The molecule has 7 nitrogen and oxygen atoms in total. The number of nitro groups is 1. The van der Waals surface area contributed by atoms with Gasteiger partial charge in [-0.05, 0) is 13.0 Å². The summed E-state index contributed by atoms with van der Waals surface area (Å²) in [6, 6.07) is 5.83. The van der Waals surface area contributed by atoms with Crippen molar-refractivity contribution in [3.05, 3.63) is 34.4 Å². The maximum Gasteiger partial charge on any atom is 0.292 e. The van der Waals surface area contributed by atoms with Crippen LogP contribution in [0, 0.1) is 10.1 Å². The fourth-order valence-corrected chi connectivity index (χ4v) is 1.45. The number of amides is 1. The molecule has 1 aromatic rings. The summed E-state index contributed by atoms with van der Waals surface area (Å²) >= 11 is 0. The summed E-state index contributed by atoms with van der Waals surface area (Å²) in [7, 11) is 1.57. The second-order valence-corrected chi connectivity index (χ2v) is 4.16. The number of rotatable bonds is 6. The van der Waals surface area contributed by atoms with Gasteiger partial charge in [0, 0.05) is 13.1 Å². The normalized spacial score (nSPS) is 11.7. The van der Waals surface area contributed by atoms with Gasteiger partial charge >= 0.3 is 0 Å². The smallest absolute Gasteiger partial charge is 0.292 e. The molecule has 0 bridgehead atoms. The Hall–Kier alpha value is -2.15. The number of nitrogens with zero attached hydrogens (tertiary/aromatic N) is 2. The molecule has 1 aromatic carbocycles. The van der Waals surface area contributed by atoms with Crippen LogP contribution in [0.4, 0.5) is 11.4 Å². The van der Waals surface area contributed by atoms with Gasteiger partial charge in [-0.3, -0.25) is 14.9 Å². The number of aliphatic hydroxyl groups excluding tert-OH is 1. The Morgan fingerprint density at radius 2 is 2.16 bits per heavy atom. The molecule has 7 heteroatoms. The molecule has 0 heterocycles. The molecule has 1 atom stereocenters. The number of carbonyl (C=O) groups excluding carboxylic acids is 1. The van der Waals surface area contributed by atoms with E-state index in [1.165, 1.54) is 11.0 Å². The van der Waals surface area contributed by atoms with Crippen molar-refractivity contribution < 1.29 is 14.8 Å². The van der Waals surface area contributed by atoms with Gasteiger partial charge in [0.1, 0.15) is 5.69 Å². The van der Waals surface area contributed by atoms with E-state index < -0.39 is 4.92 Å². The summed E-state index contributed by atoms with van der Waals surface area (Å²) in [6.45, 7) is 1.52. The minimum absolute atomic E-state index is 0.0638. The van der Waals surface area contributed by atoms with Crippen LogP contribution < -0.4 is 5.32 Å². The monoisotopic (exact) mass is 267 g/mol. The lowest BCUT2D eigenvalue weighted by atomic mass is 10.2. The number of aliphatic hydroxyl groups is 1. The quantitative estimate of drug-likeness (QED) is 0.588. The van der Waals surface area contributed by atoms with E-state index in [1.807, 2.05) is 0 Å². The van der Waals surface area contributed by atoms with Gasteiger partial charge in [-0.2, -0.15) is 0 Å². The van der Waals surface area contributed by atoms with Gasteiger partial charge in [-0.15, -0.1) is 0 Å². The third-order valence-electron chi connectivity index (χ3n) is 2.85. The van der Waals surface area contributed by atoms with E-state index in [9.17, 15) is 14.9 Å². The zero-order valence-corrected chi connectivity index (χ0v) is 10.9. The Bertz CT molecular complexity index is 464. The molecule has 1 rings (SSSR count). The van der Waals surface area contributed by atoms with Gasteiger partial charge in [0.2, 0.25) is 5.91 Å². The van der Waals surface area contributed by atoms with Crippen LogP contribution in [0.5, 0.6) is 0 Å². The second kappa shape index (κ2) is 6.69. The van der Waals surface area contributed by atoms with Crippen LogP contribution >= 0.6 is 0 Å². The van der Waals surface area contributed by atoms with E-state index in [1.54, 1.807) is 32.2 Å². The van der Waals surface area contributed by atoms with E-state index in [-0.39, 0.29) is 30.8 Å². The summed E-state index contributed by atoms with van der Waals surface area (Å²) in [4.78, 5) is 23.5. The first-order chi connectivity index (χ1) is 8.97. The molecule has 104 valence electrons. The maximum absolute atomic E-state index is 11.8. The fraction of sp³-hybridized carbons (Fsp3) is 0.417. The zero-order valence-electron chi connectivity index (χ0n) is 10.9. The SMILES string of the molecule is CC(CO)N(C)C(=O)CNc1ccccc1[N+](=O)[O-]. The number of hydrogen-bond acceptors (Lipinski definition) is 5. The minimum atomic E-state index is -0.507. The Balaban J connectivity index is 2.67. The number of nitro benzene ring substituents is 1. The molecule has 1 amide bonds. The number of likely N-dealkylation sites (N-methyl/N-ethyl adjacent to an activating group) is 1. The largest absolute Gasteiger partial charge is 0.394 e. The van der Waals surface area contributed by atoms with Gasteiger partial charge in [0.05, 0.1) is 24.1 Å². The lowest BCUT2D eigenvalue weighted by Crippen LogP contribution is -2.40. The molecule has 2 N–H and O–H groups in total. The molecule has 0 aromatic heterocycles. The Kier molecular flexibility index (Phi) is 5.25. The van der Waals surface area contributed by atoms with Crippen LogP contribution in [0.1, 0.15) is 6.92 Å². The third-order valence-corrected chi connectivity index (χ3v) is 2.85. The first kappa shape index (κ1) is 14.9. The molecule has 0 aliphatic rings. The van der Waals surface area contributed by atoms with Crippen LogP contribution in [0.3, 0.4) is 0 Å². The summed E-state index contributed by atoms with van der Waals surface area (Å²) < 4.78 is 0. The number of nitrogens with one attached hydrogen (secondary N) is 1. The summed E-state index contributed by atoms with van der Waals surface area (Å²) in [5.41, 5.74) is 0.221. The topological polar surface area (TPSA) is 95.7 Å². The average molecular weight is 267 g/mol. The lowest BCUT2D eigenvalue weighted by molar-refractivity contribution is -0.383. The van der Waals surface area contributed by atoms with Crippen molar-refractivity contribution in [2.75, 3.05) is 25.5 Å². The Morgan fingerprint density at radius 1 is 1.53 bits per heavy atom. The van der Waals surface area contributed by atoms with Gasteiger partial charge in [-0.1, -0.05) is 12.1 Å². The molecular formula is C12H17N3O4. The van der Waals surface area contributed by atoms with Crippen LogP contribution in [0.2, 0.25) is 0 Å². The predicted octanol–water partition coefficient (Wildman–Crippen LogP) is 0.846. The summed E-state index contributed by atoms with van der Waals surface area (Å²) in [5, 5.41) is 22.5. The first-order valence-corrected chi connectivity index (χ1v) is 5.81.